The van der Waals surface area contributed by atoms with E-state index in [0.717, 1.165) is 11.1 Å². The molecule has 0 spiro atoms. The van der Waals surface area contributed by atoms with Crippen molar-refractivity contribution in [2.24, 2.45) is 0 Å². The monoisotopic (exact) mass is 402 g/mol. The number of imidazole rings is 1. The van der Waals surface area contributed by atoms with Crippen LogP contribution >= 0.6 is 20.0 Å². The van der Waals surface area contributed by atoms with Gasteiger partial charge in [0, 0.05) is 0 Å². The molecule has 0 radical (unpaired) electrons. The van der Waals surface area contributed by atoms with E-state index in [2.05, 4.69) is 19.5 Å². The minimum absolute atomic E-state index is 0. The number of ether oxygens (including phenoxy) is 1. The zero-order chi connectivity index (χ0) is 17.5. The van der Waals surface area contributed by atoms with Gasteiger partial charge < -0.3 is 34.6 Å². The first kappa shape index (κ1) is 20.9. The van der Waals surface area contributed by atoms with Gasteiger partial charge in [0.2, 0.25) is 0 Å². The Bertz CT molecular complexity index is 848. The topological polar surface area (TPSA) is 175 Å². The van der Waals surface area contributed by atoms with Crippen LogP contribution in [0.4, 0.5) is 0 Å². The Balaban J connectivity index is 0.00000225. The third-order valence-electron chi connectivity index (χ3n) is 3.24. The summed E-state index contributed by atoms with van der Waals surface area (Å²) < 4.78 is 27.1. The van der Waals surface area contributed by atoms with Crippen molar-refractivity contribution in [3.05, 3.63) is 17.3 Å². The number of hydrogen-bond donors (Lipinski definition) is 4. The number of phosphoric ester groups is 1. The van der Waals surface area contributed by atoms with Crippen LogP contribution in [0.15, 0.2) is 12.7 Å². The second-order valence-corrected chi connectivity index (χ2v) is 6.47. The molecular formula is C10H12N4NaO8PS. The largest absolute Gasteiger partial charge is 1.00 e. The number of hydrogen-bond acceptors (Lipinski definition) is 11. The molecule has 5 atom stereocenters. The number of fused-ring (bicyclic) bond motifs is 1. The molecule has 4 N–H and O–H groups in total. The number of H-pyrrole nitrogens is 1. The van der Waals surface area contributed by atoms with Crippen molar-refractivity contribution in [3.63, 3.8) is 0 Å². The second-order valence-electron chi connectivity index (χ2n) is 4.82. The molecule has 1 saturated heterocycles. The molecule has 3 rings (SSSR count). The Kier molecular flexibility index (Phi) is 6.73. The third kappa shape index (κ3) is 4.28. The number of rotatable bonds is 5. The zero-order valence-electron chi connectivity index (χ0n) is 12.8. The maximum Gasteiger partial charge on any atom is 1.00 e. The van der Waals surface area contributed by atoms with Gasteiger partial charge in [-0.3, -0.25) is 9.09 Å². The Morgan fingerprint density at radius 3 is 2.80 bits per heavy atom. The van der Waals surface area contributed by atoms with Crippen LogP contribution in [0, 0.1) is 4.64 Å². The number of aliphatic hydroxyl groups excluding tert-OH is 3. The van der Waals surface area contributed by atoms with Crippen molar-refractivity contribution >= 4 is 31.2 Å². The van der Waals surface area contributed by atoms with Gasteiger partial charge in [-0.05, 0) is 0 Å². The third-order valence-corrected chi connectivity index (χ3v) is 4.38. The SMILES string of the molecule is O=P([O-])(OC1O[C@H](CO)[C@@H](O)[C@H]1O)On1cnc2c(=S)nc[nH]c21.[Na+]. The number of aromatic amines is 1. The summed E-state index contributed by atoms with van der Waals surface area (Å²) in [6, 6.07) is 0. The van der Waals surface area contributed by atoms with Gasteiger partial charge in [-0.15, -0.1) is 4.73 Å². The number of nitrogens with zero attached hydrogens (tertiary/aromatic N) is 3. The summed E-state index contributed by atoms with van der Waals surface area (Å²) in [5.74, 6) is 0. The van der Waals surface area contributed by atoms with Crippen molar-refractivity contribution in [2.75, 3.05) is 6.61 Å². The smallest absolute Gasteiger partial charge is 0.745 e. The summed E-state index contributed by atoms with van der Waals surface area (Å²) in [6.45, 7) is -0.627. The zero-order valence-corrected chi connectivity index (χ0v) is 16.5. The first-order valence-electron chi connectivity index (χ1n) is 6.55. The van der Waals surface area contributed by atoms with Crippen LogP contribution in [0.1, 0.15) is 0 Å². The van der Waals surface area contributed by atoms with Crippen molar-refractivity contribution in [2.45, 2.75) is 24.6 Å². The summed E-state index contributed by atoms with van der Waals surface area (Å²) in [4.78, 5) is 22.2. The van der Waals surface area contributed by atoms with Crippen LogP contribution in [-0.2, 0) is 13.8 Å². The van der Waals surface area contributed by atoms with Gasteiger partial charge in [-0.2, -0.15) is 0 Å². The van der Waals surface area contributed by atoms with Crippen molar-refractivity contribution in [1.29, 1.82) is 0 Å². The van der Waals surface area contributed by atoms with Crippen LogP contribution in [0.2, 0.25) is 0 Å². The molecule has 1 aliphatic heterocycles. The van der Waals surface area contributed by atoms with Gasteiger partial charge in [0.15, 0.2) is 16.6 Å². The molecule has 1 aliphatic rings. The van der Waals surface area contributed by atoms with Gasteiger partial charge in [0.25, 0.3) is 0 Å². The molecule has 132 valence electrons. The predicted octanol–water partition coefficient (Wildman–Crippen LogP) is -5.15. The van der Waals surface area contributed by atoms with Gasteiger partial charge in [0.1, 0.15) is 30.2 Å². The van der Waals surface area contributed by atoms with Crippen LogP contribution in [0.3, 0.4) is 0 Å². The molecule has 0 aromatic carbocycles. The molecule has 0 amide bonds. The Labute approximate surface area is 167 Å². The summed E-state index contributed by atoms with van der Waals surface area (Å²) in [5, 5.41) is 28.2. The number of nitrogens with one attached hydrogen (secondary N) is 1. The van der Waals surface area contributed by atoms with Crippen molar-refractivity contribution in [3.8, 4) is 0 Å². The molecule has 2 unspecified atom stereocenters. The van der Waals surface area contributed by atoms with Gasteiger partial charge >= 0.3 is 37.4 Å². The molecule has 15 heteroatoms. The minimum Gasteiger partial charge on any atom is -0.745 e. The Morgan fingerprint density at radius 1 is 1.44 bits per heavy atom. The standard InChI is InChI=1S/C10H13N4O8PS.Na/c15-1-4-6(16)7(17)10(20-4)21-23(18,19)22-14-3-13-5-8(14)11-2-12-9(5)24;/h2-4,6-7,10,15-17H,1H2,(H,18,19)(H,11,12,24);/q;+1/p-1/t4-,6-,7-,10?;/m1./s1. The molecule has 0 saturated carbocycles. The van der Waals surface area contributed by atoms with Crippen LogP contribution in [0.5, 0.6) is 0 Å². The molecule has 0 aliphatic carbocycles. The molecule has 12 nitrogen and oxygen atoms in total. The maximum atomic E-state index is 12.0. The van der Waals surface area contributed by atoms with Gasteiger partial charge in [-0.1, -0.05) is 12.2 Å². The van der Waals surface area contributed by atoms with E-state index in [1.54, 1.807) is 0 Å². The predicted molar refractivity (Wildman–Crippen MR) is 75.7 cm³/mol. The molecule has 25 heavy (non-hydrogen) atoms. The number of aromatic nitrogens is 4. The molecule has 2 aromatic rings. The van der Waals surface area contributed by atoms with E-state index in [-0.39, 0.29) is 45.4 Å². The van der Waals surface area contributed by atoms with E-state index in [1.165, 1.54) is 6.33 Å². The van der Waals surface area contributed by atoms with E-state index in [4.69, 9.17) is 26.7 Å². The molecular weight excluding hydrogens is 390 g/mol. The fourth-order valence-corrected chi connectivity index (χ4v) is 3.11. The quantitative estimate of drug-likeness (QED) is 0.214. The van der Waals surface area contributed by atoms with Gasteiger partial charge in [-0.25, -0.2) is 9.97 Å². The summed E-state index contributed by atoms with van der Waals surface area (Å²) in [6.07, 6.45) is -3.82. The minimum atomic E-state index is -5.03. The summed E-state index contributed by atoms with van der Waals surface area (Å²) >= 11 is 4.93. The van der Waals surface area contributed by atoms with Crippen LogP contribution in [0.25, 0.3) is 11.2 Å². The molecule has 0 bridgehead atoms. The normalized spacial score (nSPS) is 28.5. The number of aliphatic hydroxyl groups is 3. The Hall–Kier alpha value is -0.440. The van der Waals surface area contributed by atoms with Crippen molar-refractivity contribution in [1.82, 2.24) is 19.7 Å². The van der Waals surface area contributed by atoms with E-state index < -0.39 is 39.0 Å². The van der Waals surface area contributed by atoms with E-state index in [9.17, 15) is 19.7 Å². The first-order chi connectivity index (χ1) is 11.3. The number of phosphoric acid groups is 1. The summed E-state index contributed by atoms with van der Waals surface area (Å²) in [5.41, 5.74) is 0.330. The second kappa shape index (κ2) is 8.06. The maximum absolute atomic E-state index is 12.0. The van der Waals surface area contributed by atoms with E-state index in [0.29, 0.717) is 0 Å². The van der Waals surface area contributed by atoms with Crippen molar-refractivity contribution < 1.29 is 68.2 Å². The summed E-state index contributed by atoms with van der Waals surface area (Å²) in [7, 11) is -5.03. The fourth-order valence-electron chi connectivity index (χ4n) is 2.10. The molecule has 2 aromatic heterocycles. The van der Waals surface area contributed by atoms with Gasteiger partial charge in [0.05, 0.1) is 12.9 Å². The Morgan fingerprint density at radius 2 is 2.16 bits per heavy atom. The van der Waals surface area contributed by atoms with E-state index in [1.807, 2.05) is 0 Å². The van der Waals surface area contributed by atoms with E-state index >= 15 is 0 Å². The van der Waals surface area contributed by atoms with Crippen LogP contribution < -0.4 is 39.1 Å². The average molecular weight is 402 g/mol. The molecule has 1 fully saturated rings. The van der Waals surface area contributed by atoms with Crippen LogP contribution in [-0.4, -0.2) is 66.2 Å². The fraction of sp³-hybridized carbons (Fsp3) is 0.500. The first-order valence-corrected chi connectivity index (χ1v) is 8.42. The average Bonchev–Trinajstić information content (AvgIpc) is 3.04. The molecule has 3 heterocycles.